The van der Waals surface area contributed by atoms with Crippen molar-refractivity contribution in [3.05, 3.63) is 11.6 Å². The highest BCUT2D eigenvalue weighted by Gasteiger charge is 2.34. The Morgan fingerprint density at radius 3 is 1.88 bits per heavy atom. The van der Waals surface area contributed by atoms with Gasteiger partial charge in [-0.3, -0.25) is 4.79 Å². The summed E-state index contributed by atoms with van der Waals surface area (Å²) in [6.45, 7) is 11.2. The Morgan fingerprint density at radius 2 is 1.62 bits per heavy atom. The molecule has 0 aliphatic heterocycles. The predicted molar refractivity (Wildman–Crippen MR) is 74.5 cm³/mol. The predicted octanol–water partition coefficient (Wildman–Crippen LogP) is 4.84. The zero-order valence-corrected chi connectivity index (χ0v) is 12.8. The third kappa shape index (κ3) is 4.74. The Bertz CT molecular complexity index is 271. The van der Waals surface area contributed by atoms with Gasteiger partial charge in [-0.25, -0.2) is 0 Å². The van der Waals surface area contributed by atoms with Crippen LogP contribution >= 0.6 is 46.6 Å². The van der Waals surface area contributed by atoms with Crippen molar-refractivity contribution in [2.75, 3.05) is 0 Å². The van der Waals surface area contributed by atoms with Crippen LogP contribution in [-0.2, 0) is 0 Å². The molecule has 1 amide bonds. The molecular formula is C10H16Cl3NOS. The summed E-state index contributed by atoms with van der Waals surface area (Å²) in [6.07, 6.45) is 0. The summed E-state index contributed by atoms with van der Waals surface area (Å²) < 4.78 is -1.49. The van der Waals surface area contributed by atoms with Crippen LogP contribution in [0.2, 0.25) is 0 Å². The Morgan fingerprint density at radius 1 is 1.25 bits per heavy atom. The molecule has 94 valence electrons. The molecule has 0 radical (unpaired) electrons. The van der Waals surface area contributed by atoms with Crippen LogP contribution in [0.4, 0.5) is 4.79 Å². The van der Waals surface area contributed by atoms with E-state index in [2.05, 4.69) is 6.58 Å². The lowest BCUT2D eigenvalue weighted by molar-refractivity contribution is 0.190. The molecule has 0 N–H and O–H groups in total. The molecular weight excluding hydrogens is 289 g/mol. The minimum Gasteiger partial charge on any atom is -0.329 e. The van der Waals surface area contributed by atoms with Crippen LogP contribution in [0.3, 0.4) is 0 Å². The summed E-state index contributed by atoms with van der Waals surface area (Å²) in [6, 6.07) is 0.153. The van der Waals surface area contributed by atoms with E-state index >= 15 is 0 Å². The molecule has 0 rings (SSSR count). The summed E-state index contributed by atoms with van der Waals surface area (Å²) in [7, 11) is 0. The van der Waals surface area contributed by atoms with Gasteiger partial charge in [0.05, 0.1) is 5.03 Å². The smallest absolute Gasteiger partial charge is 0.285 e. The van der Waals surface area contributed by atoms with E-state index in [4.69, 9.17) is 34.8 Å². The zero-order valence-electron chi connectivity index (χ0n) is 9.76. The normalized spacial score (nSPS) is 12.1. The Hall–Kier alpha value is 0.430. The van der Waals surface area contributed by atoms with Crippen molar-refractivity contribution in [1.29, 1.82) is 0 Å². The van der Waals surface area contributed by atoms with E-state index in [1.165, 1.54) is 0 Å². The number of carbonyl (C=O) groups is 1. The summed E-state index contributed by atoms with van der Waals surface area (Å²) in [4.78, 5) is 13.7. The fourth-order valence-corrected chi connectivity index (χ4v) is 2.60. The molecule has 0 aromatic heterocycles. The van der Waals surface area contributed by atoms with Crippen molar-refractivity contribution < 1.29 is 4.79 Å². The topological polar surface area (TPSA) is 20.3 Å². The van der Waals surface area contributed by atoms with Crippen molar-refractivity contribution >= 4 is 51.8 Å². The van der Waals surface area contributed by atoms with Gasteiger partial charge in [0.2, 0.25) is 3.67 Å². The maximum absolute atomic E-state index is 12.0. The molecule has 0 aromatic rings. The van der Waals surface area contributed by atoms with Gasteiger partial charge in [0.15, 0.2) is 0 Å². The second-order valence-electron chi connectivity index (χ2n) is 3.88. The number of hydrogen-bond donors (Lipinski definition) is 0. The minimum atomic E-state index is -1.49. The molecule has 0 aliphatic carbocycles. The average molecular weight is 305 g/mol. The quantitative estimate of drug-likeness (QED) is 0.692. The highest BCUT2D eigenvalue weighted by atomic mass is 35.5. The molecule has 2 nitrogen and oxygen atoms in total. The fourth-order valence-electron chi connectivity index (χ4n) is 1.24. The number of amides is 1. The van der Waals surface area contributed by atoms with Crippen molar-refractivity contribution in [2.24, 2.45) is 0 Å². The number of alkyl halides is 2. The number of halogens is 3. The van der Waals surface area contributed by atoms with Crippen LogP contribution in [-0.4, -0.2) is 25.9 Å². The van der Waals surface area contributed by atoms with E-state index in [0.717, 1.165) is 11.8 Å². The molecule has 0 atom stereocenters. The summed E-state index contributed by atoms with van der Waals surface area (Å²) in [5.74, 6) is 0. The second-order valence-corrected chi connectivity index (χ2v) is 7.28. The lowest BCUT2D eigenvalue weighted by Crippen LogP contribution is -2.40. The van der Waals surface area contributed by atoms with E-state index in [-0.39, 0.29) is 22.4 Å². The zero-order chi connectivity index (χ0) is 13.1. The standard InChI is InChI=1S/C10H16Cl3NOS/c1-6(2)14(7(3)4)9(15)16-10(12,13)8(5)11/h6-7H,5H2,1-4H3. The van der Waals surface area contributed by atoms with Crippen molar-refractivity contribution in [2.45, 2.75) is 43.4 Å². The first-order valence-electron chi connectivity index (χ1n) is 4.83. The van der Waals surface area contributed by atoms with Crippen molar-refractivity contribution in [1.82, 2.24) is 4.90 Å². The molecule has 0 aliphatic rings. The van der Waals surface area contributed by atoms with E-state index in [0.29, 0.717) is 0 Å². The minimum absolute atomic E-state index is 0.0293. The van der Waals surface area contributed by atoms with Gasteiger partial charge in [0, 0.05) is 12.1 Å². The van der Waals surface area contributed by atoms with E-state index in [1.54, 1.807) is 4.90 Å². The van der Waals surface area contributed by atoms with Gasteiger partial charge in [-0.1, -0.05) is 41.4 Å². The molecule has 6 heteroatoms. The molecule has 0 aromatic carbocycles. The van der Waals surface area contributed by atoms with Gasteiger partial charge in [-0.2, -0.15) is 0 Å². The molecule has 0 fully saturated rings. The van der Waals surface area contributed by atoms with E-state index in [1.807, 2.05) is 27.7 Å². The van der Waals surface area contributed by atoms with Crippen LogP contribution in [0.25, 0.3) is 0 Å². The highest BCUT2D eigenvalue weighted by Crippen LogP contribution is 2.44. The highest BCUT2D eigenvalue weighted by molar-refractivity contribution is 8.17. The number of nitrogens with zero attached hydrogens (tertiary/aromatic N) is 1. The van der Waals surface area contributed by atoms with Gasteiger partial charge in [0.1, 0.15) is 0 Å². The van der Waals surface area contributed by atoms with Gasteiger partial charge in [0.25, 0.3) is 5.24 Å². The summed E-state index contributed by atoms with van der Waals surface area (Å²) >= 11 is 18.1. The van der Waals surface area contributed by atoms with Crippen molar-refractivity contribution in [3.63, 3.8) is 0 Å². The lowest BCUT2D eigenvalue weighted by atomic mass is 10.2. The molecule has 0 heterocycles. The Balaban J connectivity index is 4.73. The van der Waals surface area contributed by atoms with Crippen LogP contribution in [0, 0.1) is 0 Å². The first-order chi connectivity index (χ1) is 7.09. The maximum Gasteiger partial charge on any atom is 0.285 e. The third-order valence-corrected chi connectivity index (χ3v) is 4.25. The van der Waals surface area contributed by atoms with Crippen LogP contribution in [0.1, 0.15) is 27.7 Å². The molecule has 0 saturated heterocycles. The van der Waals surface area contributed by atoms with Gasteiger partial charge in [-0.05, 0) is 39.5 Å². The monoisotopic (exact) mass is 303 g/mol. The average Bonchev–Trinajstić information content (AvgIpc) is 1.99. The first-order valence-corrected chi connectivity index (χ1v) is 6.78. The molecule has 0 bridgehead atoms. The van der Waals surface area contributed by atoms with E-state index < -0.39 is 3.67 Å². The first kappa shape index (κ1) is 16.4. The Kier molecular flexibility index (Phi) is 6.56. The Labute approximate surface area is 116 Å². The van der Waals surface area contributed by atoms with Crippen LogP contribution in [0.5, 0.6) is 0 Å². The maximum atomic E-state index is 12.0. The number of hydrogen-bond acceptors (Lipinski definition) is 2. The van der Waals surface area contributed by atoms with E-state index in [9.17, 15) is 4.79 Å². The number of thioether (sulfide) groups is 1. The van der Waals surface area contributed by atoms with Gasteiger partial charge < -0.3 is 4.90 Å². The summed E-state index contributed by atoms with van der Waals surface area (Å²) in [5, 5.41) is -0.182. The fraction of sp³-hybridized carbons (Fsp3) is 0.700. The third-order valence-electron chi connectivity index (χ3n) is 1.85. The SMILES string of the molecule is C=C(Cl)C(Cl)(Cl)SC(=O)N(C(C)C)C(C)C. The summed E-state index contributed by atoms with van der Waals surface area (Å²) in [5.41, 5.74) is 0. The molecule has 16 heavy (non-hydrogen) atoms. The van der Waals surface area contributed by atoms with Crippen molar-refractivity contribution in [3.8, 4) is 0 Å². The number of carbonyl (C=O) groups excluding carboxylic acids is 1. The van der Waals surface area contributed by atoms with Gasteiger partial charge in [-0.15, -0.1) is 0 Å². The lowest BCUT2D eigenvalue weighted by Gasteiger charge is -2.32. The van der Waals surface area contributed by atoms with Crippen LogP contribution < -0.4 is 0 Å². The molecule has 0 spiro atoms. The number of rotatable bonds is 4. The second kappa shape index (κ2) is 6.39. The van der Waals surface area contributed by atoms with Gasteiger partial charge >= 0.3 is 0 Å². The van der Waals surface area contributed by atoms with Crippen LogP contribution in [0.15, 0.2) is 11.6 Å². The molecule has 0 unspecified atom stereocenters. The molecule has 0 saturated carbocycles. The largest absolute Gasteiger partial charge is 0.329 e.